The van der Waals surface area contributed by atoms with E-state index in [2.05, 4.69) is 20.2 Å². The minimum atomic E-state index is -5.74. The van der Waals surface area contributed by atoms with Gasteiger partial charge in [-0.1, -0.05) is 11.6 Å². The maximum atomic E-state index is 13.8. The van der Waals surface area contributed by atoms with Crippen LogP contribution in [0, 0.1) is 5.82 Å². The van der Waals surface area contributed by atoms with Crippen LogP contribution in [0.1, 0.15) is 31.8 Å². The van der Waals surface area contributed by atoms with E-state index < -0.39 is 42.1 Å². The summed E-state index contributed by atoms with van der Waals surface area (Å²) >= 11 is 6.18. The van der Waals surface area contributed by atoms with Gasteiger partial charge in [-0.25, -0.2) is 14.4 Å². The van der Waals surface area contributed by atoms with Crippen molar-refractivity contribution in [1.82, 2.24) is 24.6 Å². The summed E-state index contributed by atoms with van der Waals surface area (Å²) in [5.41, 5.74) is -1.27. The van der Waals surface area contributed by atoms with Gasteiger partial charge >= 0.3 is 18.1 Å². The van der Waals surface area contributed by atoms with E-state index in [9.17, 15) is 31.1 Å². The smallest absolute Gasteiger partial charge is 0.453 e. The summed E-state index contributed by atoms with van der Waals surface area (Å²) in [4.78, 5) is 20.1. The number of fused-ring (bicyclic) bond motifs is 1. The van der Waals surface area contributed by atoms with Gasteiger partial charge in [0.1, 0.15) is 28.4 Å². The number of pyridine rings is 1. The van der Waals surface area contributed by atoms with Crippen LogP contribution in [0.25, 0.3) is 17.0 Å². The van der Waals surface area contributed by atoms with Gasteiger partial charge in [0.2, 0.25) is 5.82 Å². The van der Waals surface area contributed by atoms with Crippen molar-refractivity contribution in [3.05, 3.63) is 40.8 Å². The fourth-order valence-corrected chi connectivity index (χ4v) is 3.37. The number of aryl methyl sites for hydroxylation is 1. The Labute approximate surface area is 187 Å². The molecule has 0 fully saturated rings. The molecule has 0 atom stereocenters. The molecule has 0 aliphatic carbocycles. The number of methoxy groups -OCH3 is 1. The average Bonchev–Trinajstić information content (AvgIpc) is 3.08. The lowest BCUT2D eigenvalue weighted by Crippen LogP contribution is -2.36. The van der Waals surface area contributed by atoms with Gasteiger partial charge in [0, 0.05) is 19.0 Å². The highest BCUT2D eigenvalue weighted by Gasteiger charge is 2.56. The Hall–Kier alpha value is -2.96. The molecule has 33 heavy (non-hydrogen) atoms. The number of imidazole rings is 1. The number of hydrogen-bond acceptors (Lipinski definition) is 6. The molecule has 178 valence electrons. The van der Waals surface area contributed by atoms with Crippen LogP contribution in [0.3, 0.4) is 0 Å². The fourth-order valence-electron chi connectivity index (χ4n) is 3.01. The van der Waals surface area contributed by atoms with E-state index in [1.807, 2.05) is 0 Å². The van der Waals surface area contributed by atoms with Crippen LogP contribution in [-0.4, -0.2) is 49.7 Å². The van der Waals surface area contributed by atoms with Crippen molar-refractivity contribution in [2.24, 2.45) is 0 Å². The van der Waals surface area contributed by atoms with E-state index in [4.69, 9.17) is 16.3 Å². The van der Waals surface area contributed by atoms with E-state index in [1.165, 1.54) is 27.0 Å². The predicted molar refractivity (Wildman–Crippen MR) is 103 cm³/mol. The Balaban J connectivity index is 2.06. The first kappa shape index (κ1) is 24.7. The number of ether oxygens (including phenoxy) is 1. The van der Waals surface area contributed by atoms with Gasteiger partial charge in [0.15, 0.2) is 5.15 Å². The van der Waals surface area contributed by atoms with Crippen LogP contribution >= 0.6 is 11.6 Å². The second kappa shape index (κ2) is 8.43. The molecular weight excluding hydrogens is 480 g/mol. The normalized spacial score (nSPS) is 12.9. The van der Waals surface area contributed by atoms with Crippen molar-refractivity contribution in [3.8, 4) is 11.5 Å². The van der Waals surface area contributed by atoms with E-state index in [1.54, 1.807) is 0 Å². The van der Waals surface area contributed by atoms with Crippen molar-refractivity contribution in [2.45, 2.75) is 44.2 Å². The highest BCUT2D eigenvalue weighted by Crippen LogP contribution is 2.39. The molecule has 0 N–H and O–H groups in total. The Morgan fingerprint density at radius 3 is 2.36 bits per heavy atom. The van der Waals surface area contributed by atoms with Gasteiger partial charge in [-0.2, -0.15) is 22.0 Å². The molecule has 0 saturated carbocycles. The lowest BCUT2D eigenvalue weighted by atomic mass is 9.90. The third kappa shape index (κ3) is 4.59. The molecule has 3 aromatic rings. The first-order valence-electron chi connectivity index (χ1n) is 9.29. The van der Waals surface area contributed by atoms with Gasteiger partial charge < -0.3 is 9.14 Å². The molecular formula is C19H16ClF6N5O2. The summed E-state index contributed by atoms with van der Waals surface area (Å²) in [7, 11) is 1.17. The summed E-state index contributed by atoms with van der Waals surface area (Å²) < 4.78 is 83.9. The number of rotatable bonds is 6. The average molecular weight is 496 g/mol. The number of carbonyl (C=O) groups is 1. The van der Waals surface area contributed by atoms with Crippen LogP contribution in [-0.2, 0) is 21.4 Å². The molecule has 0 aromatic carbocycles. The van der Waals surface area contributed by atoms with Gasteiger partial charge in [0.25, 0.3) is 0 Å². The standard InChI is InChI=1S/C19H16ClF6N5O2/c1-17(2,16(32)33-3)13-14(20)28-15(30-29-13)12-10-5-4-9(21)8-31(10)11(27-12)6-7-18(22,23)19(24,25)26/h4-5,8H,6-7H2,1-3H3. The zero-order chi connectivity index (χ0) is 24.8. The third-order valence-electron chi connectivity index (χ3n) is 4.89. The van der Waals surface area contributed by atoms with Gasteiger partial charge in [-0.05, 0) is 26.0 Å². The zero-order valence-corrected chi connectivity index (χ0v) is 18.1. The molecule has 3 rings (SSSR count). The van der Waals surface area contributed by atoms with Crippen LogP contribution in [0.15, 0.2) is 18.3 Å². The number of aromatic nitrogens is 5. The summed E-state index contributed by atoms with van der Waals surface area (Å²) in [6.07, 6.45) is -7.28. The van der Waals surface area contributed by atoms with Crippen molar-refractivity contribution >= 4 is 23.1 Å². The highest BCUT2D eigenvalue weighted by molar-refractivity contribution is 6.30. The number of alkyl halides is 5. The molecule has 7 nitrogen and oxygen atoms in total. The zero-order valence-electron chi connectivity index (χ0n) is 17.3. The summed E-state index contributed by atoms with van der Waals surface area (Å²) in [5, 5.41) is 7.55. The minimum Gasteiger partial charge on any atom is -0.468 e. The summed E-state index contributed by atoms with van der Waals surface area (Å²) in [5.74, 6) is -6.88. The molecule has 3 heterocycles. The van der Waals surface area contributed by atoms with Crippen LogP contribution in [0.5, 0.6) is 0 Å². The Morgan fingerprint density at radius 1 is 1.12 bits per heavy atom. The molecule has 0 spiro atoms. The van der Waals surface area contributed by atoms with Crippen molar-refractivity contribution in [3.63, 3.8) is 0 Å². The van der Waals surface area contributed by atoms with Gasteiger partial charge in [0.05, 0.1) is 12.6 Å². The molecule has 0 amide bonds. The molecule has 0 bridgehead atoms. The number of hydrogen-bond donors (Lipinski definition) is 0. The van der Waals surface area contributed by atoms with Gasteiger partial charge in [-0.15, -0.1) is 10.2 Å². The van der Waals surface area contributed by atoms with Crippen molar-refractivity contribution in [2.75, 3.05) is 7.11 Å². The molecule has 0 unspecified atom stereocenters. The Bertz CT molecular complexity index is 1210. The number of halogens is 7. The van der Waals surface area contributed by atoms with E-state index >= 15 is 0 Å². The summed E-state index contributed by atoms with van der Waals surface area (Å²) in [6, 6.07) is 2.27. The van der Waals surface area contributed by atoms with Gasteiger partial charge in [-0.3, -0.25) is 4.79 Å². The predicted octanol–water partition coefficient (Wildman–Crippen LogP) is 4.56. The largest absolute Gasteiger partial charge is 0.468 e. The number of esters is 1. The third-order valence-corrected chi connectivity index (χ3v) is 5.16. The highest BCUT2D eigenvalue weighted by atomic mass is 35.5. The lowest BCUT2D eigenvalue weighted by Gasteiger charge is -2.20. The second-order valence-corrected chi connectivity index (χ2v) is 7.93. The van der Waals surface area contributed by atoms with Crippen molar-refractivity contribution < 1.29 is 35.9 Å². The molecule has 3 aromatic heterocycles. The maximum Gasteiger partial charge on any atom is 0.453 e. The number of nitrogens with zero attached hydrogens (tertiary/aromatic N) is 5. The topological polar surface area (TPSA) is 82.3 Å². The number of carbonyl (C=O) groups excluding carboxylic acids is 1. The Kier molecular flexibility index (Phi) is 6.30. The first-order chi connectivity index (χ1) is 15.2. The van der Waals surface area contributed by atoms with E-state index in [-0.39, 0.29) is 33.7 Å². The van der Waals surface area contributed by atoms with Crippen molar-refractivity contribution in [1.29, 1.82) is 0 Å². The first-order valence-corrected chi connectivity index (χ1v) is 9.67. The lowest BCUT2D eigenvalue weighted by molar-refractivity contribution is -0.284. The minimum absolute atomic E-state index is 0.0145. The monoisotopic (exact) mass is 495 g/mol. The summed E-state index contributed by atoms with van der Waals surface area (Å²) in [6.45, 7) is 2.95. The van der Waals surface area contributed by atoms with Crippen LogP contribution in [0.4, 0.5) is 26.3 Å². The SMILES string of the molecule is COC(=O)C(C)(C)c1nnc(-c2nc(CCC(F)(F)C(F)(F)F)n3cc(F)ccc23)nc1Cl. The van der Waals surface area contributed by atoms with Crippen LogP contribution in [0.2, 0.25) is 5.15 Å². The molecule has 0 aliphatic heterocycles. The van der Waals surface area contributed by atoms with Crippen LogP contribution < -0.4 is 0 Å². The van der Waals surface area contributed by atoms with E-state index in [0.29, 0.717) is 0 Å². The fraction of sp³-hybridized carbons (Fsp3) is 0.421. The molecule has 0 saturated heterocycles. The quantitative estimate of drug-likeness (QED) is 0.368. The Morgan fingerprint density at radius 2 is 1.79 bits per heavy atom. The molecule has 0 radical (unpaired) electrons. The second-order valence-electron chi connectivity index (χ2n) is 7.57. The molecule has 14 heteroatoms. The molecule has 0 aliphatic rings. The van der Waals surface area contributed by atoms with E-state index in [0.717, 1.165) is 16.7 Å². The maximum absolute atomic E-state index is 13.8.